The minimum Gasteiger partial charge on any atom is -0.481 e. The molecule has 0 saturated carbocycles. The number of carbonyl (C=O) groups excluding carboxylic acids is 1. The molecule has 6 heteroatoms. The van der Waals surface area contributed by atoms with Crippen molar-refractivity contribution >= 4 is 5.91 Å². The SMILES string of the molecule is COc1ncnc2c1CCN(C(=O)c1ccncc1)CC2. The lowest BCUT2D eigenvalue weighted by Gasteiger charge is -2.20. The zero-order valence-corrected chi connectivity index (χ0v) is 11.8. The molecular formula is C15H16N4O2. The van der Waals surface area contributed by atoms with E-state index in [1.165, 1.54) is 6.33 Å². The Balaban J connectivity index is 1.80. The Hall–Kier alpha value is -2.50. The van der Waals surface area contributed by atoms with Gasteiger partial charge in [-0.3, -0.25) is 9.78 Å². The van der Waals surface area contributed by atoms with Gasteiger partial charge in [-0.1, -0.05) is 0 Å². The molecule has 2 aromatic rings. The van der Waals surface area contributed by atoms with Crippen LogP contribution < -0.4 is 4.74 Å². The molecule has 0 bridgehead atoms. The van der Waals surface area contributed by atoms with E-state index in [-0.39, 0.29) is 5.91 Å². The summed E-state index contributed by atoms with van der Waals surface area (Å²) < 4.78 is 5.29. The Morgan fingerprint density at radius 2 is 1.95 bits per heavy atom. The van der Waals surface area contributed by atoms with Gasteiger partial charge in [0.25, 0.3) is 5.91 Å². The van der Waals surface area contributed by atoms with Gasteiger partial charge in [-0.25, -0.2) is 9.97 Å². The number of hydrogen-bond donors (Lipinski definition) is 0. The third-order valence-corrected chi connectivity index (χ3v) is 3.65. The molecule has 0 aromatic carbocycles. The Bertz CT molecular complexity index is 645. The predicted octanol–water partition coefficient (Wildman–Crippen LogP) is 1.12. The standard InChI is InChI=1S/C15H16N4O2/c1-21-14-12-4-8-19(9-5-13(12)17-10-18-14)15(20)11-2-6-16-7-3-11/h2-3,6-7,10H,4-5,8-9H2,1H3. The first kappa shape index (κ1) is 13.5. The first-order chi connectivity index (χ1) is 10.3. The van der Waals surface area contributed by atoms with Crippen molar-refractivity contribution < 1.29 is 9.53 Å². The van der Waals surface area contributed by atoms with Crippen molar-refractivity contribution in [2.45, 2.75) is 12.8 Å². The van der Waals surface area contributed by atoms with Crippen LogP contribution in [0.15, 0.2) is 30.9 Å². The maximum absolute atomic E-state index is 12.5. The fraction of sp³-hybridized carbons (Fsp3) is 0.333. The van der Waals surface area contributed by atoms with E-state index in [0.29, 0.717) is 37.4 Å². The van der Waals surface area contributed by atoms with Gasteiger partial charge in [0.2, 0.25) is 5.88 Å². The minimum absolute atomic E-state index is 0.0251. The molecule has 2 aromatic heterocycles. The number of hydrogen-bond acceptors (Lipinski definition) is 5. The molecule has 3 heterocycles. The quantitative estimate of drug-likeness (QED) is 0.826. The van der Waals surface area contributed by atoms with Crippen molar-refractivity contribution in [2.24, 2.45) is 0 Å². The van der Waals surface area contributed by atoms with E-state index in [2.05, 4.69) is 15.0 Å². The van der Waals surface area contributed by atoms with Crippen molar-refractivity contribution in [2.75, 3.05) is 20.2 Å². The normalized spacial score (nSPS) is 14.2. The largest absolute Gasteiger partial charge is 0.481 e. The fourth-order valence-electron chi connectivity index (χ4n) is 2.55. The molecule has 0 N–H and O–H groups in total. The summed E-state index contributed by atoms with van der Waals surface area (Å²) in [7, 11) is 1.60. The van der Waals surface area contributed by atoms with Crippen LogP contribution in [-0.2, 0) is 12.8 Å². The Kier molecular flexibility index (Phi) is 3.77. The van der Waals surface area contributed by atoms with E-state index in [9.17, 15) is 4.79 Å². The van der Waals surface area contributed by atoms with E-state index in [4.69, 9.17) is 4.74 Å². The third kappa shape index (κ3) is 2.69. The number of rotatable bonds is 2. The number of methoxy groups -OCH3 is 1. The summed E-state index contributed by atoms with van der Waals surface area (Å²) in [6.07, 6.45) is 6.20. The van der Waals surface area contributed by atoms with Gasteiger partial charge in [0.15, 0.2) is 0 Å². The van der Waals surface area contributed by atoms with Gasteiger partial charge in [0.1, 0.15) is 6.33 Å². The molecule has 0 aliphatic carbocycles. The lowest BCUT2D eigenvalue weighted by molar-refractivity contribution is 0.0762. The van der Waals surface area contributed by atoms with Gasteiger partial charge >= 0.3 is 0 Å². The van der Waals surface area contributed by atoms with Crippen LogP contribution in [0.2, 0.25) is 0 Å². The number of nitrogens with zero attached hydrogens (tertiary/aromatic N) is 4. The molecule has 108 valence electrons. The Labute approximate surface area is 122 Å². The second kappa shape index (κ2) is 5.87. The van der Waals surface area contributed by atoms with Gasteiger partial charge in [0, 0.05) is 43.0 Å². The lowest BCUT2D eigenvalue weighted by atomic mass is 10.1. The number of ether oxygens (including phenoxy) is 1. The molecule has 1 amide bonds. The first-order valence-electron chi connectivity index (χ1n) is 6.85. The molecule has 0 fully saturated rings. The smallest absolute Gasteiger partial charge is 0.253 e. The van der Waals surface area contributed by atoms with Gasteiger partial charge in [0.05, 0.1) is 12.8 Å². The van der Waals surface area contributed by atoms with Crippen molar-refractivity contribution in [3.63, 3.8) is 0 Å². The highest BCUT2D eigenvalue weighted by molar-refractivity contribution is 5.94. The van der Waals surface area contributed by atoms with Crippen molar-refractivity contribution in [3.05, 3.63) is 47.7 Å². The number of carbonyl (C=O) groups is 1. The Morgan fingerprint density at radius 3 is 2.71 bits per heavy atom. The van der Waals surface area contributed by atoms with Crippen LogP contribution in [-0.4, -0.2) is 46.0 Å². The second-order valence-corrected chi connectivity index (χ2v) is 4.84. The van der Waals surface area contributed by atoms with Crippen LogP contribution in [0, 0.1) is 0 Å². The first-order valence-corrected chi connectivity index (χ1v) is 6.85. The molecule has 0 radical (unpaired) electrons. The summed E-state index contributed by atoms with van der Waals surface area (Å²) in [4.78, 5) is 26.7. The van der Waals surface area contributed by atoms with E-state index in [0.717, 1.165) is 11.3 Å². The highest BCUT2D eigenvalue weighted by atomic mass is 16.5. The molecule has 0 unspecified atom stereocenters. The molecular weight excluding hydrogens is 268 g/mol. The van der Waals surface area contributed by atoms with Crippen LogP contribution in [0.1, 0.15) is 21.6 Å². The van der Waals surface area contributed by atoms with Crippen LogP contribution in [0.4, 0.5) is 0 Å². The van der Waals surface area contributed by atoms with Gasteiger partial charge in [-0.15, -0.1) is 0 Å². The molecule has 0 spiro atoms. The molecule has 0 atom stereocenters. The molecule has 1 aliphatic rings. The number of amides is 1. The molecule has 21 heavy (non-hydrogen) atoms. The Morgan fingerprint density at radius 1 is 1.19 bits per heavy atom. The monoisotopic (exact) mass is 284 g/mol. The number of pyridine rings is 1. The van der Waals surface area contributed by atoms with Crippen molar-refractivity contribution in [1.82, 2.24) is 19.9 Å². The van der Waals surface area contributed by atoms with Gasteiger partial charge < -0.3 is 9.64 Å². The zero-order valence-electron chi connectivity index (χ0n) is 11.8. The van der Waals surface area contributed by atoms with E-state index in [1.807, 2.05) is 4.90 Å². The highest BCUT2D eigenvalue weighted by Gasteiger charge is 2.22. The fourth-order valence-corrected chi connectivity index (χ4v) is 2.55. The number of fused-ring (bicyclic) bond motifs is 1. The molecule has 0 saturated heterocycles. The highest BCUT2D eigenvalue weighted by Crippen LogP contribution is 2.22. The van der Waals surface area contributed by atoms with Crippen LogP contribution in [0.25, 0.3) is 0 Å². The van der Waals surface area contributed by atoms with E-state index < -0.39 is 0 Å². The van der Waals surface area contributed by atoms with Crippen LogP contribution in [0.5, 0.6) is 5.88 Å². The van der Waals surface area contributed by atoms with Gasteiger partial charge in [-0.2, -0.15) is 0 Å². The summed E-state index contributed by atoms with van der Waals surface area (Å²) in [6.45, 7) is 1.28. The second-order valence-electron chi connectivity index (χ2n) is 4.84. The zero-order chi connectivity index (χ0) is 14.7. The molecule has 6 nitrogen and oxygen atoms in total. The molecule has 1 aliphatic heterocycles. The topological polar surface area (TPSA) is 68.2 Å². The maximum Gasteiger partial charge on any atom is 0.253 e. The van der Waals surface area contributed by atoms with Crippen molar-refractivity contribution in [3.8, 4) is 5.88 Å². The average Bonchev–Trinajstić information content (AvgIpc) is 2.77. The minimum atomic E-state index is 0.0251. The van der Waals surface area contributed by atoms with Gasteiger partial charge in [-0.05, 0) is 18.6 Å². The summed E-state index contributed by atoms with van der Waals surface area (Å²) >= 11 is 0. The lowest BCUT2D eigenvalue weighted by Crippen LogP contribution is -2.33. The number of aromatic nitrogens is 3. The van der Waals surface area contributed by atoms with Crippen molar-refractivity contribution in [1.29, 1.82) is 0 Å². The van der Waals surface area contributed by atoms with E-state index in [1.54, 1.807) is 31.6 Å². The summed E-state index contributed by atoms with van der Waals surface area (Å²) in [5.41, 5.74) is 2.63. The average molecular weight is 284 g/mol. The van der Waals surface area contributed by atoms with E-state index >= 15 is 0 Å². The summed E-state index contributed by atoms with van der Waals surface area (Å²) in [5, 5.41) is 0. The predicted molar refractivity (Wildman–Crippen MR) is 76.1 cm³/mol. The summed E-state index contributed by atoms with van der Waals surface area (Å²) in [5.74, 6) is 0.635. The summed E-state index contributed by atoms with van der Waals surface area (Å²) in [6, 6.07) is 3.47. The van der Waals surface area contributed by atoms with Crippen LogP contribution >= 0.6 is 0 Å². The van der Waals surface area contributed by atoms with Crippen LogP contribution in [0.3, 0.4) is 0 Å². The maximum atomic E-state index is 12.5. The third-order valence-electron chi connectivity index (χ3n) is 3.65. The molecule has 3 rings (SSSR count).